The molecule has 0 aromatic heterocycles. The molecule has 1 aliphatic carbocycles. The van der Waals surface area contributed by atoms with Crippen LogP contribution in [0.5, 0.6) is 0 Å². The van der Waals surface area contributed by atoms with E-state index in [2.05, 4.69) is 42.5 Å². The monoisotopic (exact) mass is 228 g/mol. The molecule has 1 aliphatic rings. The van der Waals surface area contributed by atoms with Gasteiger partial charge in [-0.2, -0.15) is 0 Å². The second kappa shape index (κ2) is 3.95. The molecule has 2 aromatic carbocycles. The van der Waals surface area contributed by atoms with Gasteiger partial charge >= 0.3 is 0 Å². The first-order valence-corrected chi connectivity index (χ1v) is 6.18. The van der Waals surface area contributed by atoms with Crippen LogP contribution in [-0.4, -0.2) is 5.88 Å². The lowest BCUT2D eigenvalue weighted by molar-refractivity contribution is 1.09. The Morgan fingerprint density at radius 1 is 0.938 bits per heavy atom. The quantitative estimate of drug-likeness (QED) is 0.581. The molecule has 0 N–H and O–H groups in total. The Morgan fingerprint density at radius 3 is 2.62 bits per heavy atom. The molecular weight excluding hydrogens is 216 g/mol. The van der Waals surface area contributed by atoms with Gasteiger partial charge in [0.2, 0.25) is 0 Å². The highest BCUT2D eigenvalue weighted by atomic mass is 35.5. The topological polar surface area (TPSA) is 0 Å². The molecule has 0 spiro atoms. The van der Waals surface area contributed by atoms with E-state index in [1.807, 2.05) is 0 Å². The van der Waals surface area contributed by atoms with Gasteiger partial charge < -0.3 is 0 Å². The molecule has 0 aliphatic heterocycles. The number of aryl methyl sites for hydroxylation is 1. The minimum atomic E-state index is 0.701. The third kappa shape index (κ3) is 1.45. The van der Waals surface area contributed by atoms with Crippen LogP contribution in [-0.2, 0) is 12.8 Å². The number of hydrogen-bond acceptors (Lipinski definition) is 0. The van der Waals surface area contributed by atoms with Crippen molar-refractivity contribution in [1.82, 2.24) is 0 Å². The van der Waals surface area contributed by atoms with E-state index in [0.717, 1.165) is 12.8 Å². The molecule has 0 amide bonds. The molecule has 80 valence electrons. The molecule has 0 nitrogen and oxygen atoms in total. The fourth-order valence-corrected chi connectivity index (χ4v) is 2.76. The van der Waals surface area contributed by atoms with E-state index in [1.54, 1.807) is 0 Å². The third-order valence-electron chi connectivity index (χ3n) is 3.31. The van der Waals surface area contributed by atoms with Gasteiger partial charge in [-0.1, -0.05) is 42.5 Å². The molecule has 0 saturated carbocycles. The van der Waals surface area contributed by atoms with Crippen molar-refractivity contribution in [2.75, 3.05) is 5.88 Å². The summed E-state index contributed by atoms with van der Waals surface area (Å²) >= 11 is 5.85. The maximum Gasteiger partial charge on any atom is 0.0264 e. The molecule has 0 heterocycles. The first-order chi connectivity index (χ1) is 7.90. The Kier molecular flexibility index (Phi) is 2.45. The molecule has 0 saturated heterocycles. The predicted molar refractivity (Wildman–Crippen MR) is 69.1 cm³/mol. The summed E-state index contributed by atoms with van der Waals surface area (Å²) in [4.78, 5) is 0. The zero-order valence-corrected chi connectivity index (χ0v) is 9.80. The van der Waals surface area contributed by atoms with Crippen molar-refractivity contribution in [3.63, 3.8) is 0 Å². The maximum atomic E-state index is 5.85. The van der Waals surface area contributed by atoms with E-state index in [0.29, 0.717) is 5.88 Å². The molecule has 0 radical (unpaired) electrons. The average molecular weight is 229 g/mol. The number of fused-ring (bicyclic) bond motifs is 3. The van der Waals surface area contributed by atoms with Crippen molar-refractivity contribution in [2.24, 2.45) is 0 Å². The van der Waals surface area contributed by atoms with Crippen molar-refractivity contribution in [2.45, 2.75) is 12.8 Å². The van der Waals surface area contributed by atoms with Crippen molar-refractivity contribution in [3.05, 3.63) is 59.2 Å². The highest BCUT2D eigenvalue weighted by molar-refractivity contribution is 6.18. The normalized spacial score (nSPS) is 12.3. The Labute approximate surface area is 101 Å². The Hall–Kier alpha value is -1.27. The Balaban J connectivity index is 2.16. The standard InChI is InChI=1S/C15H13Cl/c16-9-8-11-5-3-7-14-13-6-2-1-4-12(13)10-15(11)14/h1-7H,8-10H2. The number of halogens is 1. The summed E-state index contributed by atoms with van der Waals surface area (Å²) in [6, 6.07) is 15.2. The van der Waals surface area contributed by atoms with Crippen molar-refractivity contribution < 1.29 is 0 Å². The second-order valence-electron chi connectivity index (χ2n) is 4.22. The predicted octanol–water partition coefficient (Wildman–Crippen LogP) is 4.04. The average Bonchev–Trinajstić information content (AvgIpc) is 2.69. The molecule has 2 aromatic rings. The molecular formula is C15H13Cl. The van der Waals surface area contributed by atoms with Gasteiger partial charge in [0.25, 0.3) is 0 Å². The fraction of sp³-hybridized carbons (Fsp3) is 0.200. The molecule has 0 bridgehead atoms. The van der Waals surface area contributed by atoms with Gasteiger partial charge in [-0.05, 0) is 40.7 Å². The van der Waals surface area contributed by atoms with Gasteiger partial charge in [0.15, 0.2) is 0 Å². The SMILES string of the molecule is ClCCc1cccc2c1Cc1ccccc1-2. The van der Waals surface area contributed by atoms with E-state index in [1.165, 1.54) is 27.8 Å². The van der Waals surface area contributed by atoms with Crippen LogP contribution in [0.15, 0.2) is 42.5 Å². The van der Waals surface area contributed by atoms with Crippen LogP contribution in [0.25, 0.3) is 11.1 Å². The van der Waals surface area contributed by atoms with E-state index < -0.39 is 0 Å². The van der Waals surface area contributed by atoms with Gasteiger partial charge in [-0.25, -0.2) is 0 Å². The zero-order chi connectivity index (χ0) is 11.0. The first-order valence-electron chi connectivity index (χ1n) is 5.65. The third-order valence-corrected chi connectivity index (χ3v) is 3.50. The summed E-state index contributed by atoms with van der Waals surface area (Å²) in [5, 5.41) is 0. The lowest BCUT2D eigenvalue weighted by Crippen LogP contribution is -1.93. The van der Waals surface area contributed by atoms with E-state index in [9.17, 15) is 0 Å². The van der Waals surface area contributed by atoms with Gasteiger partial charge in [0.1, 0.15) is 0 Å². The smallest absolute Gasteiger partial charge is 0.0264 e. The van der Waals surface area contributed by atoms with Crippen LogP contribution in [0.4, 0.5) is 0 Å². The maximum absolute atomic E-state index is 5.85. The Morgan fingerprint density at radius 2 is 1.75 bits per heavy atom. The van der Waals surface area contributed by atoms with Crippen molar-refractivity contribution in [1.29, 1.82) is 0 Å². The van der Waals surface area contributed by atoms with Gasteiger partial charge in [-0.15, -0.1) is 11.6 Å². The van der Waals surface area contributed by atoms with Crippen LogP contribution in [0, 0.1) is 0 Å². The van der Waals surface area contributed by atoms with E-state index in [4.69, 9.17) is 11.6 Å². The van der Waals surface area contributed by atoms with E-state index >= 15 is 0 Å². The molecule has 3 rings (SSSR count). The van der Waals surface area contributed by atoms with Crippen LogP contribution in [0.3, 0.4) is 0 Å². The second-order valence-corrected chi connectivity index (χ2v) is 4.59. The number of alkyl halides is 1. The summed E-state index contributed by atoms with van der Waals surface area (Å²) in [5.74, 6) is 0.701. The summed E-state index contributed by atoms with van der Waals surface area (Å²) in [5.41, 5.74) is 7.12. The van der Waals surface area contributed by atoms with Gasteiger partial charge in [0, 0.05) is 5.88 Å². The molecule has 0 unspecified atom stereocenters. The van der Waals surface area contributed by atoms with Crippen molar-refractivity contribution >= 4 is 11.6 Å². The van der Waals surface area contributed by atoms with Crippen LogP contribution in [0.2, 0.25) is 0 Å². The highest BCUT2D eigenvalue weighted by Gasteiger charge is 2.19. The summed E-state index contributed by atoms with van der Waals surface area (Å²) in [7, 11) is 0. The van der Waals surface area contributed by atoms with E-state index in [-0.39, 0.29) is 0 Å². The van der Waals surface area contributed by atoms with Gasteiger partial charge in [-0.3, -0.25) is 0 Å². The summed E-state index contributed by atoms with van der Waals surface area (Å²) in [6.07, 6.45) is 2.04. The fourth-order valence-electron chi connectivity index (χ4n) is 2.56. The molecule has 0 fully saturated rings. The first kappa shape index (κ1) is 9.92. The minimum absolute atomic E-state index is 0.701. The number of rotatable bonds is 2. The summed E-state index contributed by atoms with van der Waals surface area (Å²) < 4.78 is 0. The lowest BCUT2D eigenvalue weighted by Gasteiger charge is -2.06. The van der Waals surface area contributed by atoms with Crippen LogP contribution in [0.1, 0.15) is 16.7 Å². The van der Waals surface area contributed by atoms with Crippen LogP contribution >= 0.6 is 11.6 Å². The largest absolute Gasteiger partial charge is 0.126 e. The minimum Gasteiger partial charge on any atom is -0.126 e. The lowest BCUT2D eigenvalue weighted by atomic mass is 10.00. The van der Waals surface area contributed by atoms with Gasteiger partial charge in [0.05, 0.1) is 0 Å². The Bertz CT molecular complexity index is 529. The highest BCUT2D eigenvalue weighted by Crippen LogP contribution is 2.38. The van der Waals surface area contributed by atoms with Crippen LogP contribution < -0.4 is 0 Å². The zero-order valence-electron chi connectivity index (χ0n) is 9.04. The van der Waals surface area contributed by atoms with Crippen molar-refractivity contribution in [3.8, 4) is 11.1 Å². The molecule has 1 heteroatoms. The summed E-state index contributed by atoms with van der Waals surface area (Å²) in [6.45, 7) is 0. The molecule has 16 heavy (non-hydrogen) atoms. The number of hydrogen-bond donors (Lipinski definition) is 0. The molecule has 0 atom stereocenters. The number of benzene rings is 2.